The number of halogens is 2. The van der Waals surface area contributed by atoms with Crippen molar-refractivity contribution >= 4 is 21.6 Å². The largest absolute Gasteiger partial charge is 0.449 e. The van der Waals surface area contributed by atoms with Crippen molar-refractivity contribution in [2.24, 2.45) is 0 Å². The molecule has 3 nitrogen and oxygen atoms in total. The summed E-state index contributed by atoms with van der Waals surface area (Å²) in [7, 11) is 0. The summed E-state index contributed by atoms with van der Waals surface area (Å²) in [5.41, 5.74) is 1.90. The van der Waals surface area contributed by atoms with E-state index in [1.54, 1.807) is 6.07 Å². The summed E-state index contributed by atoms with van der Waals surface area (Å²) in [4.78, 5) is 0. The molecule has 1 aliphatic heterocycles. The molecule has 1 N–H and O–H groups in total. The van der Waals surface area contributed by atoms with Crippen molar-refractivity contribution in [3.05, 3.63) is 52.3 Å². The maximum atomic E-state index is 13.1. The van der Waals surface area contributed by atoms with Crippen LogP contribution in [-0.2, 0) is 6.54 Å². The van der Waals surface area contributed by atoms with Crippen molar-refractivity contribution in [2.75, 3.05) is 5.32 Å². The quantitative estimate of drug-likeness (QED) is 0.868. The Morgan fingerprint density at radius 2 is 1.86 bits per heavy atom. The Hall–Kier alpha value is -1.75. The van der Waals surface area contributed by atoms with Gasteiger partial charge in [-0.1, -0.05) is 22.0 Å². The Morgan fingerprint density at radius 3 is 2.62 bits per heavy atom. The van der Waals surface area contributed by atoms with Crippen molar-refractivity contribution in [3.63, 3.8) is 0 Å². The summed E-state index contributed by atoms with van der Waals surface area (Å²) in [6.45, 7) is 4.33. The molecule has 2 aromatic rings. The van der Waals surface area contributed by atoms with Crippen LogP contribution in [0.1, 0.15) is 19.4 Å². The predicted octanol–water partition coefficient (Wildman–Crippen LogP) is 4.71. The van der Waals surface area contributed by atoms with Crippen LogP contribution in [0.5, 0.6) is 11.5 Å². The van der Waals surface area contributed by atoms with Crippen molar-refractivity contribution in [2.45, 2.75) is 26.2 Å². The van der Waals surface area contributed by atoms with E-state index in [9.17, 15) is 4.39 Å². The average molecular weight is 352 g/mol. The van der Waals surface area contributed by atoms with Gasteiger partial charge in [-0.2, -0.15) is 0 Å². The van der Waals surface area contributed by atoms with Gasteiger partial charge in [0, 0.05) is 36.6 Å². The van der Waals surface area contributed by atoms with Crippen molar-refractivity contribution in [1.29, 1.82) is 0 Å². The molecule has 0 amide bonds. The third kappa shape index (κ3) is 3.13. The second kappa shape index (κ2) is 5.22. The van der Waals surface area contributed by atoms with Gasteiger partial charge < -0.3 is 14.8 Å². The first kappa shape index (κ1) is 14.2. The van der Waals surface area contributed by atoms with Gasteiger partial charge in [-0.15, -0.1) is 0 Å². The zero-order valence-corrected chi connectivity index (χ0v) is 13.3. The maximum absolute atomic E-state index is 13.1. The predicted molar refractivity (Wildman–Crippen MR) is 83.2 cm³/mol. The van der Waals surface area contributed by atoms with E-state index in [-0.39, 0.29) is 5.82 Å². The molecule has 2 aromatic carbocycles. The molecule has 0 aromatic heterocycles. The molecule has 0 saturated carbocycles. The van der Waals surface area contributed by atoms with E-state index >= 15 is 0 Å². The van der Waals surface area contributed by atoms with Crippen LogP contribution >= 0.6 is 15.9 Å². The molecule has 1 heterocycles. The summed E-state index contributed by atoms with van der Waals surface area (Å²) in [6, 6.07) is 10.4. The molecule has 3 rings (SSSR count). The highest BCUT2D eigenvalue weighted by atomic mass is 79.9. The van der Waals surface area contributed by atoms with E-state index in [0.29, 0.717) is 6.54 Å². The van der Waals surface area contributed by atoms with Gasteiger partial charge in [0.25, 0.3) is 0 Å². The van der Waals surface area contributed by atoms with E-state index < -0.39 is 5.79 Å². The van der Waals surface area contributed by atoms with Crippen LogP contribution in [0.4, 0.5) is 10.1 Å². The maximum Gasteiger partial charge on any atom is 0.246 e. The number of hydrogen-bond acceptors (Lipinski definition) is 3. The number of fused-ring (bicyclic) bond motifs is 1. The third-order valence-electron chi connectivity index (χ3n) is 3.15. The highest BCUT2D eigenvalue weighted by Crippen LogP contribution is 2.40. The second-order valence-corrected chi connectivity index (χ2v) is 6.21. The van der Waals surface area contributed by atoms with E-state index in [0.717, 1.165) is 27.2 Å². The minimum atomic E-state index is -0.624. The fourth-order valence-electron chi connectivity index (χ4n) is 2.19. The first-order valence-corrected chi connectivity index (χ1v) is 7.42. The molecule has 1 aliphatic rings. The van der Waals surface area contributed by atoms with Gasteiger partial charge in [0.2, 0.25) is 5.79 Å². The number of ether oxygens (including phenoxy) is 2. The lowest BCUT2D eigenvalue weighted by Gasteiger charge is -2.16. The Bertz CT molecular complexity index is 688. The topological polar surface area (TPSA) is 30.5 Å². The minimum absolute atomic E-state index is 0.254. The number of anilines is 1. The van der Waals surface area contributed by atoms with Gasteiger partial charge in [0.1, 0.15) is 5.82 Å². The van der Waals surface area contributed by atoms with Crippen LogP contribution in [-0.4, -0.2) is 5.79 Å². The number of rotatable bonds is 3. The second-order valence-electron chi connectivity index (χ2n) is 5.35. The van der Waals surface area contributed by atoms with Crippen molar-refractivity contribution < 1.29 is 13.9 Å². The van der Waals surface area contributed by atoms with Gasteiger partial charge in [-0.3, -0.25) is 0 Å². The van der Waals surface area contributed by atoms with Crippen molar-refractivity contribution in [3.8, 4) is 11.5 Å². The van der Waals surface area contributed by atoms with Crippen LogP contribution in [0.25, 0.3) is 0 Å². The molecule has 110 valence electrons. The lowest BCUT2D eigenvalue weighted by atomic mass is 10.2. The van der Waals surface area contributed by atoms with Crippen LogP contribution in [0.2, 0.25) is 0 Å². The van der Waals surface area contributed by atoms with Gasteiger partial charge >= 0.3 is 0 Å². The highest BCUT2D eigenvalue weighted by Gasteiger charge is 2.31. The van der Waals surface area contributed by atoms with Crippen LogP contribution in [0.15, 0.2) is 40.9 Å². The standard InChI is InChI=1S/C16H15BrFNO2/c1-16(2)20-14-6-5-12(8-15(14)21-16)19-9-10-3-4-11(18)7-13(10)17/h3-8,19H,9H2,1-2H3. The van der Waals surface area contributed by atoms with Gasteiger partial charge in [0.05, 0.1) is 0 Å². The van der Waals surface area contributed by atoms with E-state index in [1.807, 2.05) is 32.0 Å². The molecule has 0 bridgehead atoms. The zero-order valence-electron chi connectivity index (χ0n) is 11.7. The summed E-state index contributed by atoms with van der Waals surface area (Å²) < 4.78 is 25.2. The summed E-state index contributed by atoms with van der Waals surface area (Å²) >= 11 is 3.36. The fraction of sp³-hybridized carbons (Fsp3) is 0.250. The molecule has 5 heteroatoms. The molecule has 0 spiro atoms. The molecule has 21 heavy (non-hydrogen) atoms. The number of benzene rings is 2. The highest BCUT2D eigenvalue weighted by molar-refractivity contribution is 9.10. The summed E-state index contributed by atoms with van der Waals surface area (Å²) in [5, 5.41) is 3.29. The molecule has 0 saturated heterocycles. The Kier molecular flexibility index (Phi) is 3.53. The number of nitrogens with one attached hydrogen (secondary N) is 1. The lowest BCUT2D eigenvalue weighted by molar-refractivity contribution is -0.0431. The van der Waals surface area contributed by atoms with Gasteiger partial charge in [-0.25, -0.2) is 4.39 Å². The Labute approximate surface area is 131 Å². The Morgan fingerprint density at radius 1 is 1.10 bits per heavy atom. The SMILES string of the molecule is CC1(C)Oc2ccc(NCc3ccc(F)cc3Br)cc2O1. The number of hydrogen-bond donors (Lipinski definition) is 1. The summed E-state index contributed by atoms with van der Waals surface area (Å²) in [5.74, 6) is 0.591. The molecule has 0 aliphatic carbocycles. The first-order valence-electron chi connectivity index (χ1n) is 6.63. The van der Waals surface area contributed by atoms with E-state index in [4.69, 9.17) is 9.47 Å². The van der Waals surface area contributed by atoms with Crippen LogP contribution < -0.4 is 14.8 Å². The first-order chi connectivity index (χ1) is 9.93. The molecule has 0 atom stereocenters. The smallest absolute Gasteiger partial charge is 0.246 e. The minimum Gasteiger partial charge on any atom is -0.449 e. The lowest BCUT2D eigenvalue weighted by Crippen LogP contribution is -2.29. The average Bonchev–Trinajstić information content (AvgIpc) is 2.70. The van der Waals surface area contributed by atoms with Crippen LogP contribution in [0, 0.1) is 5.82 Å². The Balaban J connectivity index is 1.72. The molecular formula is C16H15BrFNO2. The fourth-order valence-corrected chi connectivity index (χ4v) is 2.69. The summed E-state index contributed by atoms with van der Waals surface area (Å²) in [6.07, 6.45) is 0. The van der Waals surface area contributed by atoms with Gasteiger partial charge in [-0.05, 0) is 29.8 Å². The zero-order chi connectivity index (χ0) is 15.0. The van der Waals surface area contributed by atoms with Crippen molar-refractivity contribution in [1.82, 2.24) is 0 Å². The van der Waals surface area contributed by atoms with E-state index in [1.165, 1.54) is 12.1 Å². The molecule has 0 unspecified atom stereocenters. The third-order valence-corrected chi connectivity index (χ3v) is 3.89. The van der Waals surface area contributed by atoms with Crippen LogP contribution in [0.3, 0.4) is 0 Å². The molecule has 0 radical (unpaired) electrons. The monoisotopic (exact) mass is 351 g/mol. The van der Waals surface area contributed by atoms with E-state index in [2.05, 4.69) is 21.2 Å². The normalized spacial score (nSPS) is 15.0. The molecule has 0 fully saturated rings. The van der Waals surface area contributed by atoms with Gasteiger partial charge in [0.15, 0.2) is 11.5 Å². The molecular weight excluding hydrogens is 337 g/mol.